The van der Waals surface area contributed by atoms with E-state index in [9.17, 15) is 4.79 Å². The lowest BCUT2D eigenvalue weighted by atomic mass is 9.99. The Morgan fingerprint density at radius 3 is 2.73 bits per heavy atom. The molecule has 3 rings (SSSR count). The highest BCUT2D eigenvalue weighted by Gasteiger charge is 2.24. The summed E-state index contributed by atoms with van der Waals surface area (Å²) in [7, 11) is 0. The van der Waals surface area contributed by atoms with Crippen molar-refractivity contribution in [3.05, 3.63) is 29.3 Å². The van der Waals surface area contributed by atoms with E-state index in [0.717, 1.165) is 34.4 Å². The number of ketones is 1. The van der Waals surface area contributed by atoms with Crippen LogP contribution >= 0.6 is 23.1 Å². The molecule has 1 fully saturated rings. The van der Waals surface area contributed by atoms with Crippen molar-refractivity contribution in [3.8, 4) is 0 Å². The molecule has 116 valence electrons. The molecular weight excluding hydrogens is 314 g/mol. The van der Waals surface area contributed by atoms with E-state index in [1.807, 2.05) is 6.07 Å². The number of anilines is 2. The molecule has 1 aliphatic rings. The summed E-state index contributed by atoms with van der Waals surface area (Å²) in [5.41, 5.74) is 3.46. The van der Waals surface area contributed by atoms with Crippen molar-refractivity contribution < 1.29 is 4.79 Å². The minimum Gasteiger partial charge on any atom is -0.330 e. The van der Waals surface area contributed by atoms with Crippen molar-refractivity contribution in [1.29, 1.82) is 0 Å². The van der Waals surface area contributed by atoms with Gasteiger partial charge < -0.3 is 5.32 Å². The van der Waals surface area contributed by atoms with Gasteiger partial charge in [-0.2, -0.15) is 0 Å². The maximum Gasteiger partial charge on any atom is 0.210 e. The lowest BCUT2D eigenvalue weighted by Crippen LogP contribution is -2.21. The van der Waals surface area contributed by atoms with Crippen LogP contribution < -0.4 is 5.32 Å². The van der Waals surface area contributed by atoms with E-state index in [2.05, 4.69) is 41.5 Å². The molecule has 1 aromatic carbocycles. The number of carbonyl (C=O) groups is 1. The Morgan fingerprint density at radius 2 is 2.00 bits per heavy atom. The first-order valence-electron chi connectivity index (χ1n) is 7.49. The maximum atomic E-state index is 11.9. The van der Waals surface area contributed by atoms with E-state index < -0.39 is 0 Å². The van der Waals surface area contributed by atoms with Gasteiger partial charge in [0.05, 0.1) is 5.25 Å². The van der Waals surface area contributed by atoms with Gasteiger partial charge >= 0.3 is 0 Å². The summed E-state index contributed by atoms with van der Waals surface area (Å²) >= 11 is 3.09. The summed E-state index contributed by atoms with van der Waals surface area (Å²) in [4.78, 5) is 11.9. The van der Waals surface area contributed by atoms with Crippen molar-refractivity contribution in [1.82, 2.24) is 10.2 Å². The van der Waals surface area contributed by atoms with Crippen LogP contribution in [0.3, 0.4) is 0 Å². The van der Waals surface area contributed by atoms with Crippen LogP contribution in [-0.4, -0.2) is 21.2 Å². The van der Waals surface area contributed by atoms with Gasteiger partial charge in [0.25, 0.3) is 0 Å². The summed E-state index contributed by atoms with van der Waals surface area (Å²) in [5.74, 6) is 0.357. The van der Waals surface area contributed by atoms with E-state index in [-0.39, 0.29) is 5.25 Å². The normalized spacial score (nSPS) is 18.5. The number of Topliss-reactive ketones (excluding diaryl/α,β-unsaturated/α-hetero) is 1. The highest BCUT2D eigenvalue weighted by Crippen LogP contribution is 2.35. The maximum absolute atomic E-state index is 11.9. The van der Waals surface area contributed by atoms with Gasteiger partial charge in [-0.05, 0) is 37.8 Å². The lowest BCUT2D eigenvalue weighted by Gasteiger charge is -2.18. The molecule has 0 amide bonds. The number of rotatable bonds is 4. The molecule has 4 nitrogen and oxygen atoms in total. The third-order valence-electron chi connectivity index (χ3n) is 3.86. The van der Waals surface area contributed by atoms with Crippen molar-refractivity contribution in [2.24, 2.45) is 0 Å². The molecule has 1 saturated carbocycles. The third-order valence-corrected chi connectivity index (χ3v) is 6.10. The number of aryl methyl sites for hydroxylation is 2. The van der Waals surface area contributed by atoms with Gasteiger partial charge in [-0.1, -0.05) is 47.7 Å². The van der Waals surface area contributed by atoms with Crippen molar-refractivity contribution in [2.45, 2.75) is 49.1 Å². The fraction of sp³-hybridized carbons (Fsp3) is 0.438. The van der Waals surface area contributed by atoms with Gasteiger partial charge in [0, 0.05) is 12.1 Å². The lowest BCUT2D eigenvalue weighted by molar-refractivity contribution is -0.119. The van der Waals surface area contributed by atoms with Crippen LogP contribution in [0.25, 0.3) is 0 Å². The number of thioether (sulfide) groups is 1. The van der Waals surface area contributed by atoms with E-state index in [0.29, 0.717) is 12.2 Å². The molecule has 1 atom stereocenters. The Labute approximate surface area is 138 Å². The van der Waals surface area contributed by atoms with Crippen molar-refractivity contribution >= 4 is 39.7 Å². The monoisotopic (exact) mass is 333 g/mol. The molecule has 0 saturated heterocycles. The van der Waals surface area contributed by atoms with Gasteiger partial charge in [-0.15, -0.1) is 10.2 Å². The third kappa shape index (κ3) is 3.50. The Balaban J connectivity index is 1.70. The molecule has 0 spiro atoms. The largest absolute Gasteiger partial charge is 0.330 e. The zero-order chi connectivity index (χ0) is 15.5. The second-order valence-electron chi connectivity index (χ2n) is 5.58. The minimum atomic E-state index is 0.0646. The van der Waals surface area contributed by atoms with Crippen LogP contribution in [0, 0.1) is 13.8 Å². The minimum absolute atomic E-state index is 0.0646. The zero-order valence-corrected chi connectivity index (χ0v) is 14.4. The van der Waals surface area contributed by atoms with Gasteiger partial charge in [0.1, 0.15) is 5.78 Å². The standard InChI is InChI=1S/C16H19N3OS2/c1-10-6-5-7-11(2)14(10)17-15-18-19-16(22-15)21-13-9-4-3-8-12(13)20/h5-7,13H,3-4,8-9H2,1-2H3,(H,17,18)/t13-/m1/s1. The number of aromatic nitrogens is 2. The number of nitrogens with one attached hydrogen (secondary N) is 1. The molecule has 2 aromatic rings. The van der Waals surface area contributed by atoms with Crippen LogP contribution in [0.5, 0.6) is 0 Å². The highest BCUT2D eigenvalue weighted by molar-refractivity contribution is 8.02. The smallest absolute Gasteiger partial charge is 0.210 e. The van der Waals surface area contributed by atoms with Crippen LogP contribution in [-0.2, 0) is 4.79 Å². The molecule has 0 radical (unpaired) electrons. The van der Waals surface area contributed by atoms with Crippen LogP contribution in [0.2, 0.25) is 0 Å². The topological polar surface area (TPSA) is 54.9 Å². The molecule has 1 heterocycles. The highest BCUT2D eigenvalue weighted by atomic mass is 32.2. The van der Waals surface area contributed by atoms with Gasteiger partial charge in [-0.3, -0.25) is 4.79 Å². The van der Waals surface area contributed by atoms with Crippen LogP contribution in [0.1, 0.15) is 36.8 Å². The first kappa shape index (κ1) is 15.5. The van der Waals surface area contributed by atoms with E-state index in [1.165, 1.54) is 22.5 Å². The summed E-state index contributed by atoms with van der Waals surface area (Å²) in [6, 6.07) is 6.20. The average molecular weight is 333 g/mol. The van der Waals surface area contributed by atoms with Crippen molar-refractivity contribution in [2.75, 3.05) is 5.32 Å². The predicted molar refractivity (Wildman–Crippen MR) is 92.2 cm³/mol. The quantitative estimate of drug-likeness (QED) is 0.892. The first-order valence-corrected chi connectivity index (χ1v) is 9.19. The van der Waals surface area contributed by atoms with Gasteiger partial charge in [0.2, 0.25) is 5.13 Å². The summed E-state index contributed by atoms with van der Waals surface area (Å²) in [6.07, 6.45) is 3.84. The molecule has 1 N–H and O–H groups in total. The number of para-hydroxylation sites is 1. The SMILES string of the molecule is Cc1cccc(C)c1Nc1nnc(S[C@@H]2CCCCC2=O)s1. The Bertz CT molecular complexity index is 664. The number of hydrogen-bond acceptors (Lipinski definition) is 6. The second-order valence-corrected chi connectivity index (χ2v) is 8.01. The zero-order valence-electron chi connectivity index (χ0n) is 12.8. The molecule has 0 unspecified atom stereocenters. The van der Waals surface area contributed by atoms with E-state index in [1.54, 1.807) is 11.8 Å². The van der Waals surface area contributed by atoms with Gasteiger partial charge in [-0.25, -0.2) is 0 Å². The van der Waals surface area contributed by atoms with Crippen LogP contribution in [0.4, 0.5) is 10.8 Å². The molecule has 0 bridgehead atoms. The number of benzene rings is 1. The van der Waals surface area contributed by atoms with Crippen LogP contribution in [0.15, 0.2) is 22.5 Å². The molecule has 1 aliphatic carbocycles. The Hall–Kier alpha value is -1.40. The summed E-state index contributed by atoms with van der Waals surface area (Å²) < 4.78 is 0.869. The first-order chi connectivity index (χ1) is 10.6. The summed E-state index contributed by atoms with van der Waals surface area (Å²) in [6.45, 7) is 4.15. The molecular formula is C16H19N3OS2. The number of nitrogens with zero attached hydrogens (tertiary/aromatic N) is 2. The Morgan fingerprint density at radius 1 is 1.23 bits per heavy atom. The average Bonchev–Trinajstić information content (AvgIpc) is 2.93. The fourth-order valence-electron chi connectivity index (χ4n) is 2.62. The number of carbonyl (C=O) groups excluding carboxylic acids is 1. The Kier molecular flexibility index (Phi) is 4.78. The second kappa shape index (κ2) is 6.79. The van der Waals surface area contributed by atoms with Gasteiger partial charge in [0.15, 0.2) is 4.34 Å². The molecule has 22 heavy (non-hydrogen) atoms. The predicted octanol–water partition coefficient (Wildman–Crippen LogP) is 4.50. The van der Waals surface area contributed by atoms with Crippen molar-refractivity contribution in [3.63, 3.8) is 0 Å². The number of hydrogen-bond donors (Lipinski definition) is 1. The molecule has 1 aromatic heterocycles. The summed E-state index contributed by atoms with van der Waals surface area (Å²) in [5, 5.41) is 12.6. The van der Waals surface area contributed by atoms with E-state index in [4.69, 9.17) is 0 Å². The van der Waals surface area contributed by atoms with E-state index >= 15 is 0 Å². The molecule has 0 aliphatic heterocycles. The molecule has 6 heteroatoms. The fourth-order valence-corrected chi connectivity index (χ4v) is 4.75.